The lowest BCUT2D eigenvalue weighted by Crippen LogP contribution is -2.19. The SMILES string of the molecule is CCCCc1c(O)c2c([nH]c1=O)CCCC2. The van der Waals surface area contributed by atoms with Crippen LogP contribution in [-0.4, -0.2) is 10.1 Å². The number of aromatic amines is 1. The Kier molecular flexibility index (Phi) is 3.32. The molecule has 0 amide bonds. The van der Waals surface area contributed by atoms with Crippen molar-refractivity contribution >= 4 is 0 Å². The monoisotopic (exact) mass is 221 g/mol. The van der Waals surface area contributed by atoms with Gasteiger partial charge in [-0.2, -0.15) is 0 Å². The van der Waals surface area contributed by atoms with Gasteiger partial charge in [0.2, 0.25) is 0 Å². The summed E-state index contributed by atoms with van der Waals surface area (Å²) in [5.41, 5.74) is 2.43. The minimum atomic E-state index is -0.0911. The van der Waals surface area contributed by atoms with Gasteiger partial charge >= 0.3 is 0 Å². The van der Waals surface area contributed by atoms with Gasteiger partial charge in [0.15, 0.2) is 0 Å². The van der Waals surface area contributed by atoms with E-state index in [1.54, 1.807) is 0 Å². The van der Waals surface area contributed by atoms with Crippen molar-refractivity contribution in [1.82, 2.24) is 4.98 Å². The van der Waals surface area contributed by atoms with Gasteiger partial charge in [-0.25, -0.2) is 0 Å². The molecule has 2 rings (SSSR count). The quantitative estimate of drug-likeness (QED) is 0.822. The second kappa shape index (κ2) is 4.73. The normalized spacial score (nSPS) is 14.8. The number of nitrogens with one attached hydrogen (secondary N) is 1. The summed E-state index contributed by atoms with van der Waals surface area (Å²) in [5, 5.41) is 10.1. The summed E-state index contributed by atoms with van der Waals surface area (Å²) < 4.78 is 0. The number of fused-ring (bicyclic) bond motifs is 1. The van der Waals surface area contributed by atoms with Crippen LogP contribution in [0.2, 0.25) is 0 Å². The molecule has 0 fully saturated rings. The lowest BCUT2D eigenvalue weighted by Gasteiger charge is -2.18. The van der Waals surface area contributed by atoms with Crippen molar-refractivity contribution in [1.29, 1.82) is 0 Å². The van der Waals surface area contributed by atoms with Crippen LogP contribution >= 0.6 is 0 Å². The minimum Gasteiger partial charge on any atom is -0.507 e. The fraction of sp³-hybridized carbons (Fsp3) is 0.615. The average Bonchev–Trinajstić information content (AvgIpc) is 2.29. The van der Waals surface area contributed by atoms with E-state index in [2.05, 4.69) is 11.9 Å². The highest BCUT2D eigenvalue weighted by molar-refractivity contribution is 5.42. The Morgan fingerprint density at radius 2 is 2.06 bits per heavy atom. The van der Waals surface area contributed by atoms with Gasteiger partial charge in [0.25, 0.3) is 5.56 Å². The molecule has 3 nitrogen and oxygen atoms in total. The zero-order valence-electron chi connectivity index (χ0n) is 9.81. The van der Waals surface area contributed by atoms with Gasteiger partial charge in [0.1, 0.15) is 5.75 Å². The molecular formula is C13H19NO2. The van der Waals surface area contributed by atoms with E-state index < -0.39 is 0 Å². The molecule has 2 N–H and O–H groups in total. The molecule has 1 aromatic rings. The van der Waals surface area contributed by atoms with Gasteiger partial charge in [-0.15, -0.1) is 0 Å². The molecule has 0 bridgehead atoms. The maximum atomic E-state index is 11.8. The van der Waals surface area contributed by atoms with Gasteiger partial charge in [-0.3, -0.25) is 4.79 Å². The fourth-order valence-electron chi connectivity index (χ4n) is 2.39. The zero-order valence-corrected chi connectivity index (χ0v) is 9.81. The van der Waals surface area contributed by atoms with Crippen LogP contribution in [0.4, 0.5) is 0 Å². The summed E-state index contributed by atoms with van der Waals surface area (Å²) in [6.07, 6.45) is 6.69. The number of pyridine rings is 1. The lowest BCUT2D eigenvalue weighted by molar-refractivity contribution is 0.449. The number of aryl methyl sites for hydroxylation is 1. The molecule has 1 aromatic heterocycles. The Bertz CT molecular complexity index is 434. The molecule has 0 spiro atoms. The van der Waals surface area contributed by atoms with Crippen LogP contribution in [-0.2, 0) is 19.3 Å². The number of hydrogen-bond acceptors (Lipinski definition) is 2. The smallest absolute Gasteiger partial charge is 0.255 e. The number of rotatable bonds is 3. The predicted octanol–water partition coefficient (Wildman–Crippen LogP) is 2.30. The van der Waals surface area contributed by atoms with Gasteiger partial charge < -0.3 is 10.1 Å². The number of aromatic nitrogens is 1. The molecular weight excluding hydrogens is 202 g/mol. The molecule has 0 aromatic carbocycles. The predicted molar refractivity (Wildman–Crippen MR) is 64.0 cm³/mol. The van der Waals surface area contributed by atoms with Crippen LogP contribution in [0.5, 0.6) is 5.75 Å². The maximum Gasteiger partial charge on any atom is 0.255 e. The summed E-state index contributed by atoms with van der Waals surface area (Å²) in [6.45, 7) is 2.09. The molecule has 0 atom stereocenters. The number of unbranched alkanes of at least 4 members (excludes halogenated alkanes) is 1. The largest absolute Gasteiger partial charge is 0.507 e. The molecule has 0 saturated heterocycles. The Morgan fingerprint density at radius 3 is 2.81 bits per heavy atom. The van der Waals surface area contributed by atoms with Crippen LogP contribution in [0.1, 0.15) is 49.4 Å². The minimum absolute atomic E-state index is 0.0911. The Morgan fingerprint density at radius 1 is 1.31 bits per heavy atom. The Balaban J connectivity index is 2.42. The van der Waals surface area contributed by atoms with Crippen LogP contribution in [0.25, 0.3) is 0 Å². The van der Waals surface area contributed by atoms with Crippen LogP contribution < -0.4 is 5.56 Å². The van der Waals surface area contributed by atoms with E-state index in [0.29, 0.717) is 12.0 Å². The van der Waals surface area contributed by atoms with E-state index in [9.17, 15) is 9.90 Å². The molecule has 0 saturated carbocycles. The van der Waals surface area contributed by atoms with Crippen molar-refractivity contribution < 1.29 is 5.11 Å². The van der Waals surface area contributed by atoms with Crippen molar-refractivity contribution in [3.63, 3.8) is 0 Å². The number of hydrogen-bond donors (Lipinski definition) is 2. The maximum absolute atomic E-state index is 11.8. The lowest BCUT2D eigenvalue weighted by atomic mass is 9.93. The van der Waals surface area contributed by atoms with E-state index in [1.165, 1.54) is 0 Å². The van der Waals surface area contributed by atoms with Gasteiger partial charge in [0.05, 0.1) is 5.56 Å². The molecule has 16 heavy (non-hydrogen) atoms. The van der Waals surface area contributed by atoms with E-state index in [4.69, 9.17) is 0 Å². The van der Waals surface area contributed by atoms with E-state index in [0.717, 1.165) is 49.8 Å². The van der Waals surface area contributed by atoms with Crippen LogP contribution in [0, 0.1) is 0 Å². The van der Waals surface area contributed by atoms with E-state index in [-0.39, 0.29) is 11.3 Å². The zero-order chi connectivity index (χ0) is 11.5. The highest BCUT2D eigenvalue weighted by atomic mass is 16.3. The second-order valence-corrected chi connectivity index (χ2v) is 4.55. The second-order valence-electron chi connectivity index (χ2n) is 4.55. The van der Waals surface area contributed by atoms with Crippen molar-refractivity contribution in [3.05, 3.63) is 27.2 Å². The van der Waals surface area contributed by atoms with Crippen LogP contribution in [0.3, 0.4) is 0 Å². The van der Waals surface area contributed by atoms with E-state index >= 15 is 0 Å². The van der Waals surface area contributed by atoms with Crippen molar-refractivity contribution in [2.75, 3.05) is 0 Å². The summed E-state index contributed by atoms with van der Waals surface area (Å²) in [5.74, 6) is 0.270. The van der Waals surface area contributed by atoms with Crippen molar-refractivity contribution in [2.24, 2.45) is 0 Å². The molecule has 0 aliphatic heterocycles. The summed E-state index contributed by atoms with van der Waals surface area (Å²) in [6, 6.07) is 0. The fourth-order valence-corrected chi connectivity index (χ4v) is 2.39. The van der Waals surface area contributed by atoms with Gasteiger partial charge in [0, 0.05) is 11.3 Å². The molecule has 1 aliphatic carbocycles. The standard InChI is InChI=1S/C13H19NO2/c1-2-3-6-10-12(15)9-7-4-5-8-11(9)14-13(10)16/h2-8H2,1H3,(H2,14,15,16). The highest BCUT2D eigenvalue weighted by Crippen LogP contribution is 2.29. The third kappa shape index (κ3) is 1.99. The van der Waals surface area contributed by atoms with Crippen molar-refractivity contribution in [3.8, 4) is 5.75 Å². The first kappa shape index (κ1) is 11.2. The van der Waals surface area contributed by atoms with Gasteiger partial charge in [-0.1, -0.05) is 13.3 Å². The molecule has 0 unspecified atom stereocenters. The molecule has 0 radical (unpaired) electrons. The highest BCUT2D eigenvalue weighted by Gasteiger charge is 2.18. The first-order valence-electron chi connectivity index (χ1n) is 6.20. The molecule has 1 heterocycles. The Labute approximate surface area is 95.5 Å². The molecule has 88 valence electrons. The summed E-state index contributed by atoms with van der Waals surface area (Å²) >= 11 is 0. The number of H-pyrrole nitrogens is 1. The first-order valence-corrected chi connectivity index (χ1v) is 6.20. The third-order valence-electron chi connectivity index (χ3n) is 3.36. The third-order valence-corrected chi connectivity index (χ3v) is 3.36. The summed E-state index contributed by atoms with van der Waals surface area (Å²) in [4.78, 5) is 14.7. The average molecular weight is 221 g/mol. The molecule has 1 aliphatic rings. The molecule has 3 heteroatoms. The van der Waals surface area contributed by atoms with Crippen molar-refractivity contribution in [2.45, 2.75) is 51.9 Å². The van der Waals surface area contributed by atoms with Gasteiger partial charge in [-0.05, 0) is 38.5 Å². The number of aromatic hydroxyl groups is 1. The van der Waals surface area contributed by atoms with Crippen LogP contribution in [0.15, 0.2) is 4.79 Å². The summed E-state index contributed by atoms with van der Waals surface area (Å²) in [7, 11) is 0. The first-order chi connectivity index (χ1) is 7.74. The Hall–Kier alpha value is -1.25. The van der Waals surface area contributed by atoms with E-state index in [1.807, 2.05) is 0 Å². The topological polar surface area (TPSA) is 53.1 Å².